The zero-order chi connectivity index (χ0) is 19.8. The van der Waals surface area contributed by atoms with Crippen LogP contribution in [0.4, 0.5) is 4.39 Å². The molecule has 2 rings (SSSR count). The Morgan fingerprint density at radius 2 is 1.93 bits per heavy atom. The lowest BCUT2D eigenvalue weighted by Gasteiger charge is -2.22. The van der Waals surface area contributed by atoms with E-state index in [1.807, 2.05) is 30.3 Å². The fraction of sp³-hybridized carbons (Fsp3) is 0.300. The number of amides is 1. The second-order valence-corrected chi connectivity index (χ2v) is 6.57. The van der Waals surface area contributed by atoms with Crippen molar-refractivity contribution in [2.45, 2.75) is 38.3 Å². The van der Waals surface area contributed by atoms with E-state index in [0.717, 1.165) is 11.6 Å². The number of carboxylic acid groups (broad SMARTS) is 1. The second-order valence-electron chi connectivity index (χ2n) is 6.16. The number of carbonyl (C=O) groups excluding carboxylic acids is 1. The summed E-state index contributed by atoms with van der Waals surface area (Å²) in [5.41, 5.74) is 0.989. The Labute approximate surface area is 162 Å². The molecule has 2 unspecified atom stereocenters. The maximum absolute atomic E-state index is 13.1. The molecule has 0 fully saturated rings. The average Bonchev–Trinajstić information content (AvgIpc) is 2.62. The molecule has 5 nitrogen and oxygen atoms in total. The molecule has 0 radical (unpaired) electrons. The Hall–Kier alpha value is -2.60. The van der Waals surface area contributed by atoms with Gasteiger partial charge in [0, 0.05) is 12.5 Å². The third-order valence-corrected chi connectivity index (χ3v) is 4.24. The van der Waals surface area contributed by atoms with Gasteiger partial charge in [-0.1, -0.05) is 41.9 Å². The lowest BCUT2D eigenvalue weighted by Crippen LogP contribution is -2.43. The molecular weight excluding hydrogens is 373 g/mol. The molecule has 2 N–H and O–H groups in total. The van der Waals surface area contributed by atoms with E-state index >= 15 is 0 Å². The largest absolute Gasteiger partial charge is 0.481 e. The highest BCUT2D eigenvalue weighted by atomic mass is 35.5. The number of rotatable bonds is 9. The van der Waals surface area contributed by atoms with Crippen LogP contribution in [0.3, 0.4) is 0 Å². The minimum atomic E-state index is -0.926. The number of hydrogen-bond donors (Lipinski definition) is 2. The van der Waals surface area contributed by atoms with Crippen molar-refractivity contribution in [2.24, 2.45) is 0 Å². The Balaban J connectivity index is 2.01. The van der Waals surface area contributed by atoms with Crippen molar-refractivity contribution in [3.8, 4) is 5.75 Å². The summed E-state index contributed by atoms with van der Waals surface area (Å²) < 4.78 is 18.6. The van der Waals surface area contributed by atoms with Crippen molar-refractivity contribution in [3.63, 3.8) is 0 Å². The van der Waals surface area contributed by atoms with Crippen LogP contribution in [0.1, 0.15) is 25.3 Å². The summed E-state index contributed by atoms with van der Waals surface area (Å²) in [7, 11) is 0. The van der Waals surface area contributed by atoms with Gasteiger partial charge in [0.05, 0.1) is 5.02 Å². The van der Waals surface area contributed by atoms with E-state index in [4.69, 9.17) is 21.4 Å². The maximum Gasteiger partial charge on any atom is 0.303 e. The molecular formula is C20H21ClFNO4. The van der Waals surface area contributed by atoms with Gasteiger partial charge in [0.2, 0.25) is 0 Å². The van der Waals surface area contributed by atoms with Crippen LogP contribution < -0.4 is 10.1 Å². The Bertz CT molecular complexity index is 785. The number of nitrogens with one attached hydrogen (secondary N) is 1. The standard InChI is InChI=1S/C20H21ClFNO4/c1-13(27-18-9-7-15(22)12-17(18)21)20(26)23-16(8-10-19(24)25)11-14-5-3-2-4-6-14/h2-7,9,12-13,16H,8,10-11H2,1H3,(H,23,26)(H,24,25). The quantitative estimate of drug-likeness (QED) is 0.678. The SMILES string of the molecule is CC(Oc1ccc(F)cc1Cl)C(=O)NC(CCC(=O)O)Cc1ccccc1. The van der Waals surface area contributed by atoms with E-state index in [2.05, 4.69) is 5.32 Å². The van der Waals surface area contributed by atoms with E-state index in [1.54, 1.807) is 6.92 Å². The minimum absolute atomic E-state index is 0.0587. The van der Waals surface area contributed by atoms with Crippen molar-refractivity contribution < 1.29 is 23.8 Å². The van der Waals surface area contributed by atoms with Crippen molar-refractivity contribution in [3.05, 3.63) is 64.9 Å². The Morgan fingerprint density at radius 3 is 2.56 bits per heavy atom. The van der Waals surface area contributed by atoms with E-state index in [0.29, 0.717) is 12.8 Å². The molecule has 0 aliphatic heterocycles. The number of ether oxygens (including phenoxy) is 1. The normalized spacial score (nSPS) is 12.9. The van der Waals surface area contributed by atoms with E-state index in [1.165, 1.54) is 12.1 Å². The van der Waals surface area contributed by atoms with Crippen LogP contribution in [0.5, 0.6) is 5.75 Å². The predicted octanol–water partition coefficient (Wildman–Crippen LogP) is 3.84. The van der Waals surface area contributed by atoms with Gasteiger partial charge in [0.15, 0.2) is 6.10 Å². The first-order valence-electron chi connectivity index (χ1n) is 8.53. The Morgan fingerprint density at radius 1 is 1.22 bits per heavy atom. The summed E-state index contributed by atoms with van der Waals surface area (Å²) >= 11 is 5.91. The van der Waals surface area contributed by atoms with Gasteiger partial charge < -0.3 is 15.2 Å². The summed E-state index contributed by atoms with van der Waals surface area (Å²) in [6.45, 7) is 1.55. The molecule has 0 heterocycles. The maximum atomic E-state index is 13.1. The molecule has 2 aromatic rings. The molecule has 0 aromatic heterocycles. The molecule has 2 aromatic carbocycles. The van der Waals surface area contributed by atoms with E-state index in [-0.39, 0.29) is 23.2 Å². The van der Waals surface area contributed by atoms with Crippen LogP contribution in [0, 0.1) is 5.82 Å². The third-order valence-electron chi connectivity index (χ3n) is 3.94. The predicted molar refractivity (Wildman–Crippen MR) is 100 cm³/mol. The molecule has 0 saturated heterocycles. The van der Waals surface area contributed by atoms with Crippen LogP contribution in [0.15, 0.2) is 48.5 Å². The average molecular weight is 394 g/mol. The van der Waals surface area contributed by atoms with Gasteiger partial charge in [-0.3, -0.25) is 9.59 Å². The number of aliphatic carboxylic acids is 1. The summed E-state index contributed by atoms with van der Waals surface area (Å²) in [6.07, 6.45) is -0.142. The summed E-state index contributed by atoms with van der Waals surface area (Å²) in [5, 5.41) is 11.8. The second kappa shape index (κ2) is 9.92. The molecule has 1 amide bonds. The first kappa shape index (κ1) is 20.7. The molecule has 27 heavy (non-hydrogen) atoms. The topological polar surface area (TPSA) is 75.6 Å². The highest BCUT2D eigenvalue weighted by Crippen LogP contribution is 2.25. The first-order chi connectivity index (χ1) is 12.8. The fourth-order valence-corrected chi connectivity index (χ4v) is 2.77. The summed E-state index contributed by atoms with van der Waals surface area (Å²) in [6, 6.07) is 12.8. The van der Waals surface area contributed by atoms with Gasteiger partial charge in [-0.05, 0) is 43.5 Å². The molecule has 7 heteroatoms. The third kappa shape index (κ3) is 6.90. The zero-order valence-electron chi connectivity index (χ0n) is 14.8. The summed E-state index contributed by atoms with van der Waals surface area (Å²) in [4.78, 5) is 23.4. The highest BCUT2D eigenvalue weighted by Gasteiger charge is 2.21. The molecule has 2 atom stereocenters. The van der Waals surface area contributed by atoms with E-state index in [9.17, 15) is 14.0 Å². The van der Waals surface area contributed by atoms with Gasteiger partial charge in [-0.15, -0.1) is 0 Å². The first-order valence-corrected chi connectivity index (χ1v) is 8.90. The smallest absolute Gasteiger partial charge is 0.303 e. The highest BCUT2D eigenvalue weighted by molar-refractivity contribution is 6.32. The van der Waals surface area contributed by atoms with Gasteiger partial charge in [-0.25, -0.2) is 4.39 Å². The summed E-state index contributed by atoms with van der Waals surface area (Å²) in [5.74, 6) is -1.63. The van der Waals surface area contributed by atoms with Gasteiger partial charge in [0.1, 0.15) is 11.6 Å². The molecule has 0 spiro atoms. The molecule has 0 bridgehead atoms. The molecule has 144 valence electrons. The fourth-order valence-electron chi connectivity index (χ4n) is 2.55. The van der Waals surface area contributed by atoms with Gasteiger partial charge >= 0.3 is 5.97 Å². The number of carboxylic acids is 1. The van der Waals surface area contributed by atoms with Crippen molar-refractivity contribution in [2.75, 3.05) is 0 Å². The lowest BCUT2D eigenvalue weighted by molar-refractivity contribution is -0.137. The van der Waals surface area contributed by atoms with Crippen molar-refractivity contribution in [1.82, 2.24) is 5.32 Å². The van der Waals surface area contributed by atoms with Crippen LogP contribution in [0.25, 0.3) is 0 Å². The van der Waals surface area contributed by atoms with Crippen molar-refractivity contribution in [1.29, 1.82) is 0 Å². The zero-order valence-corrected chi connectivity index (χ0v) is 15.6. The van der Waals surface area contributed by atoms with Crippen LogP contribution in [0.2, 0.25) is 5.02 Å². The Kier molecular flexibility index (Phi) is 7.61. The van der Waals surface area contributed by atoms with Crippen LogP contribution >= 0.6 is 11.6 Å². The number of halogens is 2. The van der Waals surface area contributed by atoms with Crippen LogP contribution in [-0.2, 0) is 16.0 Å². The minimum Gasteiger partial charge on any atom is -0.481 e. The van der Waals surface area contributed by atoms with Gasteiger partial charge in [-0.2, -0.15) is 0 Å². The number of carbonyl (C=O) groups is 2. The molecule has 0 aliphatic rings. The molecule has 0 aliphatic carbocycles. The monoisotopic (exact) mass is 393 g/mol. The molecule has 0 saturated carbocycles. The van der Waals surface area contributed by atoms with Gasteiger partial charge in [0.25, 0.3) is 5.91 Å². The van der Waals surface area contributed by atoms with E-state index < -0.39 is 23.8 Å². The number of benzene rings is 2. The van der Waals surface area contributed by atoms with Crippen molar-refractivity contribution >= 4 is 23.5 Å². The lowest BCUT2D eigenvalue weighted by atomic mass is 10.0. The van der Waals surface area contributed by atoms with Crippen LogP contribution in [-0.4, -0.2) is 29.1 Å². The number of hydrogen-bond acceptors (Lipinski definition) is 3.